The summed E-state index contributed by atoms with van der Waals surface area (Å²) in [6.45, 7) is 5.48. The van der Waals surface area contributed by atoms with E-state index < -0.39 is 10.0 Å². The van der Waals surface area contributed by atoms with Gasteiger partial charge in [0.1, 0.15) is 4.90 Å². The van der Waals surface area contributed by atoms with Crippen molar-refractivity contribution in [3.05, 3.63) is 36.4 Å². The molecule has 1 aliphatic carbocycles. The first-order valence-corrected chi connectivity index (χ1v) is 11.9. The van der Waals surface area contributed by atoms with Crippen LogP contribution in [0.3, 0.4) is 0 Å². The van der Waals surface area contributed by atoms with E-state index >= 15 is 0 Å². The molecule has 1 saturated heterocycles. The molecule has 0 bridgehead atoms. The molecule has 0 unspecified atom stereocenters. The van der Waals surface area contributed by atoms with Gasteiger partial charge in [-0.05, 0) is 37.8 Å². The van der Waals surface area contributed by atoms with Crippen LogP contribution >= 0.6 is 0 Å². The van der Waals surface area contributed by atoms with Gasteiger partial charge < -0.3 is 4.90 Å². The molecule has 0 atom stereocenters. The third-order valence-corrected chi connectivity index (χ3v) is 8.05. The predicted molar refractivity (Wildman–Crippen MR) is 112 cm³/mol. The van der Waals surface area contributed by atoms with Crippen molar-refractivity contribution in [3.63, 3.8) is 0 Å². The van der Waals surface area contributed by atoms with Gasteiger partial charge in [-0.25, -0.2) is 18.4 Å². The topological polar surface area (TPSA) is 79.3 Å². The predicted octanol–water partition coefficient (Wildman–Crippen LogP) is 2.73. The Kier molecular flexibility index (Phi) is 6.22. The molecule has 2 aromatic heterocycles. The van der Waals surface area contributed by atoms with Crippen LogP contribution in [0.2, 0.25) is 0 Å². The number of nitrogens with zero attached hydrogens (tertiary/aromatic N) is 5. The van der Waals surface area contributed by atoms with Crippen LogP contribution < -0.4 is 0 Å². The highest BCUT2D eigenvalue weighted by molar-refractivity contribution is 7.89. The van der Waals surface area contributed by atoms with Gasteiger partial charge in [0.05, 0.1) is 11.9 Å². The molecular formula is C21H29N5O2S. The van der Waals surface area contributed by atoms with Crippen molar-refractivity contribution in [1.82, 2.24) is 24.2 Å². The molecule has 0 spiro atoms. The molecule has 8 heteroatoms. The second kappa shape index (κ2) is 8.85. The third kappa shape index (κ3) is 4.65. The van der Waals surface area contributed by atoms with Gasteiger partial charge >= 0.3 is 0 Å². The summed E-state index contributed by atoms with van der Waals surface area (Å²) in [7, 11) is -3.58. The summed E-state index contributed by atoms with van der Waals surface area (Å²) in [6, 6.07) is 3.67. The van der Waals surface area contributed by atoms with E-state index in [2.05, 4.69) is 19.9 Å². The molecule has 156 valence electrons. The second-order valence-corrected chi connectivity index (χ2v) is 10.0. The van der Waals surface area contributed by atoms with E-state index in [0.717, 1.165) is 31.1 Å². The molecule has 4 rings (SSSR count). The average Bonchev–Trinajstić information content (AvgIpc) is 2.75. The minimum atomic E-state index is -3.58. The van der Waals surface area contributed by atoms with Crippen molar-refractivity contribution < 1.29 is 8.42 Å². The molecule has 1 saturated carbocycles. The second-order valence-electron chi connectivity index (χ2n) is 8.09. The molecule has 7 nitrogen and oxygen atoms in total. The maximum atomic E-state index is 13.2. The zero-order valence-corrected chi connectivity index (χ0v) is 17.8. The van der Waals surface area contributed by atoms with Gasteiger partial charge in [0.15, 0.2) is 5.82 Å². The SMILES string of the molecule is Cc1nc(-c2cccnc2)ncc1S(=O)(=O)N1CCN(CC2CCCCC2)CC1. The minimum absolute atomic E-state index is 0.200. The Labute approximate surface area is 173 Å². The number of aromatic nitrogens is 3. The molecule has 0 amide bonds. The minimum Gasteiger partial charge on any atom is -0.300 e. The Balaban J connectivity index is 1.42. The average molecular weight is 416 g/mol. The number of rotatable bonds is 5. The van der Waals surface area contributed by atoms with Crippen molar-refractivity contribution in [1.29, 1.82) is 0 Å². The third-order valence-electron chi connectivity index (χ3n) is 6.04. The van der Waals surface area contributed by atoms with Gasteiger partial charge in [-0.2, -0.15) is 4.31 Å². The summed E-state index contributed by atoms with van der Waals surface area (Å²) in [4.78, 5) is 15.4. The lowest BCUT2D eigenvalue weighted by Gasteiger charge is -2.36. The van der Waals surface area contributed by atoms with Crippen molar-refractivity contribution >= 4 is 10.0 Å². The molecule has 0 aromatic carbocycles. The van der Waals surface area contributed by atoms with Crippen LogP contribution in [0.25, 0.3) is 11.4 Å². The van der Waals surface area contributed by atoms with Crippen molar-refractivity contribution in [2.45, 2.75) is 43.9 Å². The van der Waals surface area contributed by atoms with Gasteiger partial charge in [0, 0.05) is 50.7 Å². The molecule has 3 heterocycles. The first-order chi connectivity index (χ1) is 14.0. The first kappa shape index (κ1) is 20.4. The van der Waals surface area contributed by atoms with E-state index in [0.29, 0.717) is 24.6 Å². The fourth-order valence-electron chi connectivity index (χ4n) is 4.37. The first-order valence-electron chi connectivity index (χ1n) is 10.5. The quantitative estimate of drug-likeness (QED) is 0.747. The van der Waals surface area contributed by atoms with Crippen LogP contribution in [0.5, 0.6) is 0 Å². The summed E-state index contributed by atoms with van der Waals surface area (Å²) >= 11 is 0. The number of aryl methyl sites for hydroxylation is 1. The Hall–Kier alpha value is -1.90. The summed E-state index contributed by atoms with van der Waals surface area (Å²) in [5.74, 6) is 1.27. The standard InChI is InChI=1S/C21H29N5O2S/c1-17-20(15-23-21(24-17)19-8-5-9-22-14-19)29(27,28)26-12-10-25(11-13-26)16-18-6-3-2-4-7-18/h5,8-9,14-15,18H,2-4,6-7,10-13,16H2,1H3. The zero-order chi connectivity index (χ0) is 20.3. The van der Waals surface area contributed by atoms with Gasteiger partial charge in [-0.3, -0.25) is 4.98 Å². The van der Waals surface area contributed by atoms with Crippen LogP contribution in [-0.4, -0.2) is 65.3 Å². The van der Waals surface area contributed by atoms with E-state index in [-0.39, 0.29) is 4.90 Å². The molecule has 1 aliphatic heterocycles. The van der Waals surface area contributed by atoms with Crippen molar-refractivity contribution in [3.8, 4) is 11.4 Å². The number of pyridine rings is 1. The lowest BCUT2D eigenvalue weighted by molar-refractivity contribution is 0.150. The Morgan fingerprint density at radius 3 is 2.48 bits per heavy atom. The number of hydrogen-bond acceptors (Lipinski definition) is 6. The monoisotopic (exact) mass is 415 g/mol. The van der Waals surface area contributed by atoms with Crippen LogP contribution in [-0.2, 0) is 10.0 Å². The van der Waals surface area contributed by atoms with Crippen molar-refractivity contribution in [2.24, 2.45) is 5.92 Å². The summed E-state index contributed by atoms with van der Waals surface area (Å²) in [5, 5.41) is 0. The smallest absolute Gasteiger partial charge is 0.246 e. The fraction of sp³-hybridized carbons (Fsp3) is 0.571. The van der Waals surface area contributed by atoms with Crippen LogP contribution in [0.1, 0.15) is 37.8 Å². The summed E-state index contributed by atoms with van der Waals surface area (Å²) in [5.41, 5.74) is 1.25. The van der Waals surface area contributed by atoms with Gasteiger partial charge in [-0.15, -0.1) is 0 Å². The number of hydrogen-bond donors (Lipinski definition) is 0. The molecular weight excluding hydrogens is 386 g/mol. The number of piperazine rings is 1. The zero-order valence-electron chi connectivity index (χ0n) is 17.0. The Morgan fingerprint density at radius 2 is 1.83 bits per heavy atom. The highest BCUT2D eigenvalue weighted by Gasteiger charge is 2.31. The van der Waals surface area contributed by atoms with Crippen LogP contribution in [0.4, 0.5) is 0 Å². The molecule has 29 heavy (non-hydrogen) atoms. The van der Waals surface area contributed by atoms with E-state index in [4.69, 9.17) is 0 Å². The number of sulfonamides is 1. The van der Waals surface area contributed by atoms with E-state index in [1.807, 2.05) is 12.1 Å². The summed E-state index contributed by atoms with van der Waals surface area (Å²) in [6.07, 6.45) is 11.5. The fourth-order valence-corrected chi connectivity index (χ4v) is 5.90. The van der Waals surface area contributed by atoms with E-state index in [9.17, 15) is 8.42 Å². The van der Waals surface area contributed by atoms with Crippen LogP contribution in [0.15, 0.2) is 35.6 Å². The van der Waals surface area contributed by atoms with Gasteiger partial charge in [0.2, 0.25) is 10.0 Å². The van der Waals surface area contributed by atoms with E-state index in [1.165, 1.54) is 38.3 Å². The summed E-state index contributed by atoms with van der Waals surface area (Å²) < 4.78 is 27.9. The van der Waals surface area contributed by atoms with Gasteiger partial charge in [0.25, 0.3) is 0 Å². The van der Waals surface area contributed by atoms with Crippen molar-refractivity contribution in [2.75, 3.05) is 32.7 Å². The normalized spacial score (nSPS) is 20.0. The molecule has 2 aliphatic rings. The Bertz CT molecular complexity index is 921. The molecule has 2 fully saturated rings. The lowest BCUT2D eigenvalue weighted by atomic mass is 9.89. The highest BCUT2D eigenvalue weighted by Crippen LogP contribution is 2.26. The highest BCUT2D eigenvalue weighted by atomic mass is 32.2. The van der Waals surface area contributed by atoms with Gasteiger partial charge in [-0.1, -0.05) is 19.3 Å². The largest absolute Gasteiger partial charge is 0.300 e. The lowest BCUT2D eigenvalue weighted by Crippen LogP contribution is -2.49. The van der Waals surface area contributed by atoms with Crippen LogP contribution in [0, 0.1) is 12.8 Å². The molecule has 2 aromatic rings. The molecule has 0 radical (unpaired) electrons. The molecule has 0 N–H and O–H groups in total. The maximum absolute atomic E-state index is 13.2. The maximum Gasteiger partial charge on any atom is 0.246 e. The Morgan fingerprint density at radius 1 is 1.07 bits per heavy atom. The van der Waals surface area contributed by atoms with E-state index in [1.54, 1.807) is 23.6 Å².